The molecular weight excluding hydrogens is 1050 g/mol. The van der Waals surface area contributed by atoms with Crippen molar-refractivity contribution < 1.29 is 55.5 Å². The predicted molar refractivity (Wildman–Crippen MR) is 275 cm³/mol. The molecule has 368 valence electrons. The summed E-state index contributed by atoms with van der Waals surface area (Å²) in [6.45, 7) is 2.88. The van der Waals surface area contributed by atoms with Gasteiger partial charge in [0, 0.05) is 20.8 Å². The number of fused-ring (bicyclic) bond motifs is 2. The van der Waals surface area contributed by atoms with Crippen LogP contribution in [0, 0.1) is 13.8 Å². The van der Waals surface area contributed by atoms with Gasteiger partial charge in [-0.3, -0.25) is 18.9 Å². The quantitative estimate of drug-likeness (QED) is 0.0292. The van der Waals surface area contributed by atoms with Gasteiger partial charge in [0.2, 0.25) is 0 Å². The number of para-hydroxylation sites is 4. The molecule has 0 saturated heterocycles. The summed E-state index contributed by atoms with van der Waals surface area (Å²) in [5.41, 5.74) is -0.166. The van der Waals surface area contributed by atoms with Crippen LogP contribution in [-0.4, -0.2) is 94.8 Å². The number of amides is 1. The van der Waals surface area contributed by atoms with E-state index in [9.17, 15) is 46.1 Å². The van der Waals surface area contributed by atoms with E-state index >= 15 is 0 Å². The zero-order valence-electron chi connectivity index (χ0n) is 38.7. The number of aromatic hydroxyl groups is 1. The Labute approximate surface area is 457 Å². The molecule has 18 nitrogen and oxygen atoms in total. The van der Waals surface area contributed by atoms with Crippen LogP contribution in [0.3, 0.4) is 0 Å². The Balaban J connectivity index is 0.000000235. The Hall–Kier alpha value is -6.72. The summed E-state index contributed by atoms with van der Waals surface area (Å²) in [6, 6.07) is 34.9. The number of azo groups is 2. The standard InChI is InChI=1S/2C25H20ClN3O6S.Ca/c2*1-14-11-16(26)13-20(24(14)36(32,33)34)28-29-22-17-8-4-3-7-15(17)12-18(23(22)30)25(31)27-19-9-5-6-10-21(19)35-2;/h2*3-13,30H,1-2H3,(H,27,31)(H,32,33,34);/q;;+2/p-2. The van der Waals surface area contributed by atoms with Crippen LogP contribution < -0.4 is 25.0 Å². The zero-order chi connectivity index (χ0) is 52.1. The van der Waals surface area contributed by atoms with E-state index in [-0.39, 0.29) is 98.5 Å². The molecule has 0 spiro atoms. The monoisotopic (exact) mass is 1090 g/mol. The van der Waals surface area contributed by atoms with Crippen molar-refractivity contribution in [1.82, 2.24) is 0 Å². The molecule has 73 heavy (non-hydrogen) atoms. The van der Waals surface area contributed by atoms with Crippen molar-refractivity contribution in [2.24, 2.45) is 25.4 Å². The zero-order valence-corrected chi connectivity index (χ0v) is 44.1. The number of benzene rings is 8. The number of phenols is 1. The average Bonchev–Trinajstić information content (AvgIpc) is 3.32. The number of hydrogen-bond acceptors (Lipinski definition) is 15. The minimum atomic E-state index is -4.67. The van der Waals surface area contributed by atoms with Gasteiger partial charge in [-0.25, -0.2) is 0 Å². The first-order valence-corrected chi connectivity index (χ1v) is 24.5. The van der Waals surface area contributed by atoms with Gasteiger partial charge in [-0.15, -0.1) is 15.3 Å². The van der Waals surface area contributed by atoms with Crippen LogP contribution >= 0.6 is 23.2 Å². The number of aryl methyl sites for hydroxylation is 2. The van der Waals surface area contributed by atoms with Crippen LogP contribution in [0.4, 0.5) is 34.1 Å². The van der Waals surface area contributed by atoms with Gasteiger partial charge in [-0.1, -0.05) is 102 Å². The molecule has 0 saturated carbocycles. The molecule has 0 atom stereocenters. The SMILES string of the molecule is COc1ccccc1N=C([O-])c1cc2ccccc2c(N=Nc2cc(Cl)cc(C)c2S(=O)(=O)O)c1[O-].COc1ccccc1NC(=O)c1cc2ccccc2c(N=Nc2cc(Cl)cc(C)c2S(=O)(=O)O)c1O.[Ca+2]. The summed E-state index contributed by atoms with van der Waals surface area (Å²) in [5.74, 6) is -1.89. The third kappa shape index (κ3) is 12.7. The summed E-state index contributed by atoms with van der Waals surface area (Å²) < 4.78 is 77.6. The van der Waals surface area contributed by atoms with Gasteiger partial charge in [0.15, 0.2) is 5.75 Å². The largest absolute Gasteiger partial charge is 2.00 e. The van der Waals surface area contributed by atoms with Crippen molar-refractivity contribution in [3.05, 3.63) is 166 Å². The number of carbonyl (C=O) groups is 1. The summed E-state index contributed by atoms with van der Waals surface area (Å²) in [6.07, 6.45) is 0. The smallest absolute Gasteiger partial charge is 0.871 e. The van der Waals surface area contributed by atoms with E-state index in [4.69, 9.17) is 32.7 Å². The molecule has 0 aliphatic rings. The van der Waals surface area contributed by atoms with Crippen LogP contribution in [0.1, 0.15) is 27.0 Å². The molecule has 8 rings (SSSR count). The maximum atomic E-state index is 13.3. The van der Waals surface area contributed by atoms with Crippen molar-refractivity contribution in [2.75, 3.05) is 19.5 Å². The van der Waals surface area contributed by atoms with Crippen LogP contribution in [-0.2, 0) is 20.2 Å². The second-order valence-electron chi connectivity index (χ2n) is 15.4. The predicted octanol–water partition coefficient (Wildman–Crippen LogP) is 11.0. The summed E-state index contributed by atoms with van der Waals surface area (Å²) in [7, 11) is -6.42. The van der Waals surface area contributed by atoms with Crippen molar-refractivity contribution in [1.29, 1.82) is 0 Å². The maximum Gasteiger partial charge on any atom is 2.00 e. The molecule has 23 heteroatoms. The van der Waals surface area contributed by atoms with E-state index in [0.29, 0.717) is 38.7 Å². The molecule has 4 N–H and O–H groups in total. The van der Waals surface area contributed by atoms with E-state index in [1.54, 1.807) is 97.1 Å². The van der Waals surface area contributed by atoms with E-state index in [1.165, 1.54) is 64.5 Å². The average molecular weight is 1090 g/mol. The second-order valence-corrected chi connectivity index (χ2v) is 19.0. The van der Waals surface area contributed by atoms with E-state index in [2.05, 4.69) is 30.8 Å². The summed E-state index contributed by atoms with van der Waals surface area (Å²) >= 11 is 12.1. The van der Waals surface area contributed by atoms with Crippen molar-refractivity contribution in [3.63, 3.8) is 0 Å². The van der Waals surface area contributed by atoms with Gasteiger partial charge in [0.05, 0.1) is 31.2 Å². The fourth-order valence-electron chi connectivity index (χ4n) is 7.44. The Morgan fingerprint density at radius 3 is 1.59 bits per heavy atom. The first-order valence-electron chi connectivity index (χ1n) is 20.9. The molecule has 0 fully saturated rings. The van der Waals surface area contributed by atoms with E-state index < -0.39 is 53.3 Å². The molecule has 0 unspecified atom stereocenters. The van der Waals surface area contributed by atoms with E-state index in [1.807, 2.05) is 0 Å². The normalized spacial score (nSPS) is 11.9. The number of phenolic OH excluding ortho intramolecular Hbond substituents is 1. The topological polar surface area (TPSA) is 284 Å². The number of ether oxygens (including phenoxy) is 2. The number of hydrogen-bond donors (Lipinski definition) is 4. The Kier molecular flexibility index (Phi) is 17.8. The molecule has 8 aromatic rings. The molecule has 0 radical (unpaired) electrons. The number of methoxy groups -OCH3 is 2. The molecule has 0 aromatic heterocycles. The maximum absolute atomic E-state index is 13.3. The third-order valence-corrected chi connectivity index (χ3v) is 13.1. The summed E-state index contributed by atoms with van der Waals surface area (Å²) in [4.78, 5) is 16.2. The minimum Gasteiger partial charge on any atom is -0.871 e. The number of nitrogens with one attached hydrogen (secondary N) is 1. The molecular formula is C50H38CaCl2N6O12S2. The van der Waals surface area contributed by atoms with Gasteiger partial charge in [0.25, 0.3) is 26.1 Å². The number of carbonyl (C=O) groups excluding carboxylic acids is 1. The minimum absolute atomic E-state index is 0. The van der Waals surface area contributed by atoms with Crippen LogP contribution in [0.15, 0.2) is 169 Å². The van der Waals surface area contributed by atoms with Crippen LogP contribution in [0.25, 0.3) is 21.5 Å². The molecule has 0 aliphatic carbocycles. The Morgan fingerprint density at radius 2 is 1.05 bits per heavy atom. The second kappa shape index (κ2) is 23.4. The number of nitrogens with zero attached hydrogens (tertiary/aromatic N) is 5. The molecule has 1 amide bonds. The number of halogens is 2. The first kappa shape index (κ1) is 55.6. The van der Waals surface area contributed by atoms with Gasteiger partial charge in [0.1, 0.15) is 44.0 Å². The summed E-state index contributed by atoms with van der Waals surface area (Å²) in [5, 5.41) is 58.4. The molecule has 8 aromatic carbocycles. The van der Waals surface area contributed by atoms with Crippen LogP contribution in [0.5, 0.6) is 23.0 Å². The third-order valence-electron chi connectivity index (χ3n) is 10.6. The van der Waals surface area contributed by atoms with Gasteiger partial charge in [-0.2, -0.15) is 21.9 Å². The fraction of sp³-hybridized carbons (Fsp3) is 0.0800. The fourth-order valence-corrected chi connectivity index (χ4v) is 9.63. The van der Waals surface area contributed by atoms with E-state index in [0.717, 1.165) is 0 Å². The number of anilines is 1. The number of rotatable bonds is 12. The van der Waals surface area contributed by atoms with Gasteiger partial charge in [-0.05, 0) is 108 Å². The van der Waals surface area contributed by atoms with Crippen molar-refractivity contribution in [2.45, 2.75) is 23.6 Å². The van der Waals surface area contributed by atoms with Crippen molar-refractivity contribution >= 4 is 149 Å². The van der Waals surface area contributed by atoms with Gasteiger partial charge < -0.3 is 30.1 Å². The molecule has 0 heterocycles. The van der Waals surface area contributed by atoms with Gasteiger partial charge >= 0.3 is 37.7 Å². The van der Waals surface area contributed by atoms with Crippen molar-refractivity contribution in [3.8, 4) is 23.0 Å². The Bertz CT molecular complexity index is 3790. The molecule has 0 bridgehead atoms. The van der Waals surface area contributed by atoms with Crippen LogP contribution in [0.2, 0.25) is 10.0 Å². The number of aliphatic imine (C=N–C) groups is 1. The molecule has 0 aliphatic heterocycles. The Morgan fingerprint density at radius 1 is 0.603 bits per heavy atom. The first-order chi connectivity index (χ1) is 34.2.